The second-order valence-corrected chi connectivity index (χ2v) is 5.76. The largest absolute Gasteiger partial charge is 0.481 e. The number of carbonyl (C=O) groups excluding carboxylic acids is 1. The van der Waals surface area contributed by atoms with Crippen molar-refractivity contribution in [2.75, 3.05) is 6.54 Å². The van der Waals surface area contributed by atoms with Gasteiger partial charge in [0.2, 0.25) is 0 Å². The van der Waals surface area contributed by atoms with Gasteiger partial charge in [-0.3, -0.25) is 4.79 Å². The molecule has 1 aliphatic rings. The number of hydrogen-bond acceptors (Lipinski definition) is 3. The maximum Gasteiger partial charge on any atom is 0.260 e. The smallest absolute Gasteiger partial charge is 0.260 e. The second kappa shape index (κ2) is 7.46. The van der Waals surface area contributed by atoms with Crippen molar-refractivity contribution in [3.05, 3.63) is 29.3 Å². The molecule has 116 valence electrons. The first-order valence-electron chi connectivity index (χ1n) is 7.94. The number of unbranched alkanes of at least 4 members (excludes halogenated alkanes) is 1. The van der Waals surface area contributed by atoms with E-state index >= 15 is 0 Å². The molecule has 4 heteroatoms. The summed E-state index contributed by atoms with van der Waals surface area (Å²) in [6.07, 6.45) is 4.81. The van der Waals surface area contributed by atoms with Crippen LogP contribution in [0.1, 0.15) is 56.7 Å². The average Bonchev–Trinajstić information content (AvgIpc) is 2.48. The van der Waals surface area contributed by atoms with Crippen LogP contribution in [0.2, 0.25) is 0 Å². The molecule has 1 aromatic carbocycles. The summed E-state index contributed by atoms with van der Waals surface area (Å²) in [6.45, 7) is 4.58. The molecule has 1 amide bonds. The zero-order valence-electron chi connectivity index (χ0n) is 13.0. The summed E-state index contributed by atoms with van der Waals surface area (Å²) < 4.78 is 5.75. The molecule has 2 atom stereocenters. The van der Waals surface area contributed by atoms with Gasteiger partial charge < -0.3 is 15.8 Å². The van der Waals surface area contributed by atoms with Crippen molar-refractivity contribution >= 4 is 5.91 Å². The number of benzene rings is 1. The summed E-state index contributed by atoms with van der Waals surface area (Å²) in [7, 11) is 0. The summed E-state index contributed by atoms with van der Waals surface area (Å²) >= 11 is 0. The Morgan fingerprint density at radius 1 is 1.52 bits per heavy atom. The van der Waals surface area contributed by atoms with Crippen molar-refractivity contribution in [2.45, 2.75) is 58.1 Å². The predicted octanol–water partition coefficient (Wildman–Crippen LogP) is 2.71. The van der Waals surface area contributed by atoms with Crippen molar-refractivity contribution in [2.24, 2.45) is 5.73 Å². The van der Waals surface area contributed by atoms with Gasteiger partial charge in [-0.1, -0.05) is 19.4 Å². The highest BCUT2D eigenvalue weighted by molar-refractivity contribution is 5.80. The van der Waals surface area contributed by atoms with Crippen LogP contribution in [-0.4, -0.2) is 18.6 Å². The first-order chi connectivity index (χ1) is 10.1. The number of nitrogens with one attached hydrogen (secondary N) is 1. The highest BCUT2D eigenvalue weighted by Crippen LogP contribution is 2.31. The van der Waals surface area contributed by atoms with Crippen molar-refractivity contribution in [3.8, 4) is 5.75 Å². The van der Waals surface area contributed by atoms with Crippen LogP contribution in [0.4, 0.5) is 0 Å². The van der Waals surface area contributed by atoms with Gasteiger partial charge in [0.05, 0.1) is 0 Å². The quantitative estimate of drug-likeness (QED) is 0.792. The molecule has 21 heavy (non-hydrogen) atoms. The summed E-state index contributed by atoms with van der Waals surface area (Å²) in [5.74, 6) is 0.662. The topological polar surface area (TPSA) is 64.3 Å². The summed E-state index contributed by atoms with van der Waals surface area (Å²) in [4.78, 5) is 11.9. The molecule has 0 fully saturated rings. The van der Waals surface area contributed by atoms with E-state index in [1.165, 1.54) is 5.56 Å². The fraction of sp³-hybridized carbons (Fsp3) is 0.588. The minimum atomic E-state index is -0.486. The average molecular weight is 290 g/mol. The molecule has 0 aliphatic heterocycles. The predicted molar refractivity (Wildman–Crippen MR) is 84.3 cm³/mol. The Labute approximate surface area is 127 Å². The molecule has 0 spiro atoms. The van der Waals surface area contributed by atoms with Gasteiger partial charge in [0, 0.05) is 12.6 Å². The Morgan fingerprint density at radius 3 is 3.10 bits per heavy atom. The van der Waals surface area contributed by atoms with E-state index in [0.717, 1.165) is 43.4 Å². The fourth-order valence-electron chi connectivity index (χ4n) is 2.68. The van der Waals surface area contributed by atoms with Crippen LogP contribution in [0.25, 0.3) is 0 Å². The zero-order chi connectivity index (χ0) is 15.2. The molecule has 1 aromatic rings. The van der Waals surface area contributed by atoms with Gasteiger partial charge in [-0.15, -0.1) is 0 Å². The molecule has 0 aromatic heterocycles. The zero-order valence-corrected chi connectivity index (χ0v) is 13.0. The van der Waals surface area contributed by atoms with Crippen LogP contribution in [0.5, 0.6) is 5.75 Å². The third-order valence-corrected chi connectivity index (χ3v) is 3.99. The van der Waals surface area contributed by atoms with Gasteiger partial charge in [-0.25, -0.2) is 0 Å². The molecule has 0 saturated carbocycles. The number of fused-ring (bicyclic) bond motifs is 1. The maximum atomic E-state index is 11.9. The molecule has 0 saturated heterocycles. The van der Waals surface area contributed by atoms with E-state index < -0.39 is 6.10 Å². The molecular weight excluding hydrogens is 264 g/mol. The third kappa shape index (κ3) is 4.21. The highest BCUT2D eigenvalue weighted by atomic mass is 16.5. The van der Waals surface area contributed by atoms with E-state index in [1.807, 2.05) is 12.1 Å². The number of aryl methyl sites for hydroxylation is 1. The molecule has 0 heterocycles. The van der Waals surface area contributed by atoms with Gasteiger partial charge in [-0.2, -0.15) is 0 Å². The summed E-state index contributed by atoms with van der Waals surface area (Å²) in [5, 5.41) is 2.89. The molecule has 4 nitrogen and oxygen atoms in total. The lowest BCUT2D eigenvalue weighted by molar-refractivity contribution is -0.127. The van der Waals surface area contributed by atoms with Gasteiger partial charge in [-0.05, 0) is 55.9 Å². The highest BCUT2D eigenvalue weighted by Gasteiger charge is 2.19. The number of carbonyl (C=O) groups is 1. The lowest BCUT2D eigenvalue weighted by Crippen LogP contribution is -2.36. The first kappa shape index (κ1) is 15.8. The van der Waals surface area contributed by atoms with E-state index in [0.29, 0.717) is 6.54 Å². The van der Waals surface area contributed by atoms with Crippen LogP contribution >= 0.6 is 0 Å². The first-order valence-corrected chi connectivity index (χ1v) is 7.94. The van der Waals surface area contributed by atoms with E-state index in [2.05, 4.69) is 18.3 Å². The Morgan fingerprint density at radius 2 is 2.33 bits per heavy atom. The molecule has 2 rings (SSSR count). The molecule has 0 bridgehead atoms. The van der Waals surface area contributed by atoms with Gasteiger partial charge in [0.1, 0.15) is 5.75 Å². The van der Waals surface area contributed by atoms with Gasteiger partial charge >= 0.3 is 0 Å². The van der Waals surface area contributed by atoms with Crippen molar-refractivity contribution in [1.82, 2.24) is 5.32 Å². The summed E-state index contributed by atoms with van der Waals surface area (Å²) in [5.41, 5.74) is 8.62. The molecule has 0 radical (unpaired) electrons. The molecule has 1 unspecified atom stereocenters. The summed E-state index contributed by atoms with van der Waals surface area (Å²) in [6, 6.07) is 6.10. The number of hydrogen-bond donors (Lipinski definition) is 2. The monoisotopic (exact) mass is 290 g/mol. The number of nitrogens with two attached hydrogens (primary N) is 1. The fourth-order valence-corrected chi connectivity index (χ4v) is 2.68. The lowest BCUT2D eigenvalue weighted by Gasteiger charge is -2.23. The Hall–Kier alpha value is -1.55. The number of amides is 1. The van der Waals surface area contributed by atoms with Crippen molar-refractivity contribution in [1.29, 1.82) is 0 Å². The standard InChI is InChI=1S/C17H26N2O2/c1-3-4-10-19-17(20)12(2)21-14-9-8-13-6-5-7-16(18)15(13)11-14/h8-9,11-12,16H,3-7,10,18H2,1-2H3,(H,19,20)/t12?,16-/m0/s1. The Balaban J connectivity index is 1.96. The van der Waals surface area contributed by atoms with E-state index in [-0.39, 0.29) is 11.9 Å². The number of rotatable bonds is 6. The second-order valence-electron chi connectivity index (χ2n) is 5.76. The van der Waals surface area contributed by atoms with E-state index in [1.54, 1.807) is 6.92 Å². The Kier molecular flexibility index (Phi) is 5.62. The van der Waals surface area contributed by atoms with E-state index in [9.17, 15) is 4.79 Å². The SMILES string of the molecule is CCCCNC(=O)C(C)Oc1ccc2c(c1)[C@@H](N)CCC2. The normalized spacial score (nSPS) is 18.7. The minimum Gasteiger partial charge on any atom is -0.481 e. The molecular formula is C17H26N2O2. The van der Waals surface area contributed by atoms with Crippen LogP contribution < -0.4 is 15.8 Å². The van der Waals surface area contributed by atoms with Crippen molar-refractivity contribution in [3.63, 3.8) is 0 Å². The Bertz CT molecular complexity index is 488. The van der Waals surface area contributed by atoms with Gasteiger partial charge in [0.25, 0.3) is 5.91 Å². The maximum absolute atomic E-state index is 11.9. The van der Waals surface area contributed by atoms with Crippen LogP contribution in [0, 0.1) is 0 Å². The lowest BCUT2D eigenvalue weighted by atomic mass is 9.88. The van der Waals surface area contributed by atoms with Crippen LogP contribution in [0.3, 0.4) is 0 Å². The van der Waals surface area contributed by atoms with E-state index in [4.69, 9.17) is 10.5 Å². The molecule has 3 N–H and O–H groups in total. The van der Waals surface area contributed by atoms with Crippen LogP contribution in [0.15, 0.2) is 18.2 Å². The third-order valence-electron chi connectivity index (χ3n) is 3.99. The number of ether oxygens (including phenoxy) is 1. The van der Waals surface area contributed by atoms with Crippen LogP contribution in [-0.2, 0) is 11.2 Å². The molecule has 1 aliphatic carbocycles. The van der Waals surface area contributed by atoms with Crippen molar-refractivity contribution < 1.29 is 9.53 Å². The minimum absolute atomic E-state index is 0.0644. The van der Waals surface area contributed by atoms with Gasteiger partial charge in [0.15, 0.2) is 6.10 Å².